The molecule has 1 atom stereocenters. The lowest BCUT2D eigenvalue weighted by Crippen LogP contribution is -2.29. The van der Waals surface area contributed by atoms with Crippen LogP contribution in [0, 0.1) is 0 Å². The van der Waals surface area contributed by atoms with Gasteiger partial charge in [-0.3, -0.25) is 4.79 Å². The number of nitrogens with zero attached hydrogens (tertiary/aromatic N) is 1. The van der Waals surface area contributed by atoms with Gasteiger partial charge in [0, 0.05) is 28.6 Å². The summed E-state index contributed by atoms with van der Waals surface area (Å²) in [5, 5.41) is 1.18. The first-order valence-corrected chi connectivity index (χ1v) is 9.85. The first kappa shape index (κ1) is 16.8. The maximum Gasteiger partial charge on any atom is 0.255 e. The van der Waals surface area contributed by atoms with E-state index in [2.05, 4.69) is 66.5 Å². The van der Waals surface area contributed by atoms with Crippen LogP contribution in [0.3, 0.4) is 0 Å². The van der Waals surface area contributed by atoms with E-state index in [4.69, 9.17) is 0 Å². The minimum Gasteiger partial charge on any atom is -0.354 e. The van der Waals surface area contributed by atoms with Crippen molar-refractivity contribution in [3.63, 3.8) is 0 Å². The Hall–Kier alpha value is -3.33. The first-order valence-electron chi connectivity index (χ1n) is 9.85. The second-order valence-electron chi connectivity index (χ2n) is 7.31. The molecule has 0 fully saturated rings. The summed E-state index contributed by atoms with van der Waals surface area (Å²) in [7, 11) is 0. The van der Waals surface area contributed by atoms with Crippen LogP contribution in [0.25, 0.3) is 22.2 Å². The number of aromatic nitrogens is 1. The van der Waals surface area contributed by atoms with Crippen molar-refractivity contribution >= 4 is 16.8 Å². The van der Waals surface area contributed by atoms with Gasteiger partial charge in [0.15, 0.2) is 0 Å². The minimum absolute atomic E-state index is 0.0741. The molecular weight excluding hydrogens is 344 g/mol. The number of amides is 1. The van der Waals surface area contributed by atoms with Gasteiger partial charge in [0.05, 0.1) is 11.7 Å². The SMILES string of the molecule is CCCN1C(=O)c2ccccc2[C@@H]1c1c(-c2ccccc2)[nH]c2ccccc12. The third kappa shape index (κ3) is 2.47. The number of benzene rings is 3. The quantitative estimate of drug-likeness (QED) is 0.487. The van der Waals surface area contributed by atoms with Crippen LogP contribution in [0.4, 0.5) is 0 Å². The molecule has 0 radical (unpaired) electrons. The molecule has 4 aromatic rings. The van der Waals surface area contributed by atoms with Crippen molar-refractivity contribution in [2.75, 3.05) is 6.54 Å². The molecule has 0 unspecified atom stereocenters. The first-order chi connectivity index (χ1) is 13.8. The molecule has 1 aromatic heterocycles. The molecule has 1 amide bonds. The number of fused-ring (bicyclic) bond motifs is 2. The van der Waals surface area contributed by atoms with Gasteiger partial charge in [0.2, 0.25) is 0 Å². The number of carbonyl (C=O) groups is 1. The number of hydrogen-bond acceptors (Lipinski definition) is 1. The van der Waals surface area contributed by atoms with Crippen molar-refractivity contribution in [3.8, 4) is 11.3 Å². The Kier molecular flexibility index (Phi) is 4.01. The Morgan fingerprint density at radius 3 is 2.43 bits per heavy atom. The molecule has 0 saturated carbocycles. The Bertz CT molecular complexity index is 1160. The average molecular weight is 366 g/mol. The van der Waals surface area contributed by atoms with Crippen LogP contribution in [-0.2, 0) is 0 Å². The minimum atomic E-state index is -0.0741. The highest BCUT2D eigenvalue weighted by Gasteiger charge is 2.39. The number of para-hydroxylation sites is 1. The summed E-state index contributed by atoms with van der Waals surface area (Å²) in [6.45, 7) is 2.87. The molecule has 138 valence electrons. The molecule has 2 heterocycles. The van der Waals surface area contributed by atoms with Crippen LogP contribution in [0.2, 0.25) is 0 Å². The number of rotatable bonds is 4. The van der Waals surface area contributed by atoms with Gasteiger partial charge in [-0.15, -0.1) is 0 Å². The highest BCUT2D eigenvalue weighted by atomic mass is 16.2. The largest absolute Gasteiger partial charge is 0.354 e. The lowest BCUT2D eigenvalue weighted by molar-refractivity contribution is 0.0751. The Morgan fingerprint density at radius 1 is 0.893 bits per heavy atom. The molecule has 3 heteroatoms. The normalized spacial score (nSPS) is 16.0. The zero-order valence-corrected chi connectivity index (χ0v) is 15.9. The second kappa shape index (κ2) is 6.68. The van der Waals surface area contributed by atoms with Gasteiger partial charge in [-0.2, -0.15) is 0 Å². The number of aromatic amines is 1. The summed E-state index contributed by atoms with van der Waals surface area (Å²) in [5.41, 5.74) is 6.45. The monoisotopic (exact) mass is 366 g/mol. The molecule has 3 nitrogen and oxygen atoms in total. The number of H-pyrrole nitrogens is 1. The number of hydrogen-bond donors (Lipinski definition) is 1. The Labute approximate surface area is 164 Å². The molecule has 1 aliphatic heterocycles. The summed E-state index contributed by atoms with van der Waals surface area (Å²) >= 11 is 0. The summed E-state index contributed by atoms with van der Waals surface area (Å²) in [4.78, 5) is 18.9. The van der Waals surface area contributed by atoms with Crippen LogP contribution in [0.1, 0.15) is 40.9 Å². The van der Waals surface area contributed by atoms with Crippen molar-refractivity contribution in [1.29, 1.82) is 0 Å². The zero-order chi connectivity index (χ0) is 19.1. The van der Waals surface area contributed by atoms with E-state index < -0.39 is 0 Å². The van der Waals surface area contributed by atoms with E-state index in [1.165, 1.54) is 10.9 Å². The van der Waals surface area contributed by atoms with Crippen LogP contribution in [0.15, 0.2) is 78.9 Å². The van der Waals surface area contributed by atoms with E-state index in [0.717, 1.165) is 40.9 Å². The van der Waals surface area contributed by atoms with Crippen LogP contribution >= 0.6 is 0 Å². The number of carbonyl (C=O) groups excluding carboxylic acids is 1. The standard InChI is InChI=1S/C25H22N2O/c1-2-16-27-24(18-12-6-7-13-19(18)25(27)28)22-20-14-8-9-15-21(20)26-23(22)17-10-4-3-5-11-17/h3-15,24,26H,2,16H2,1H3/t24-/m1/s1. The molecule has 5 rings (SSSR count). The van der Waals surface area contributed by atoms with Crippen molar-refractivity contribution < 1.29 is 4.79 Å². The van der Waals surface area contributed by atoms with E-state index in [9.17, 15) is 4.79 Å². The van der Waals surface area contributed by atoms with Gasteiger partial charge in [-0.05, 0) is 29.7 Å². The molecule has 1 aliphatic rings. The molecule has 0 bridgehead atoms. The molecule has 0 aliphatic carbocycles. The van der Waals surface area contributed by atoms with E-state index in [1.54, 1.807) is 0 Å². The molecular formula is C25H22N2O. The lowest BCUT2D eigenvalue weighted by Gasteiger charge is -2.26. The van der Waals surface area contributed by atoms with E-state index in [1.807, 2.05) is 29.2 Å². The Morgan fingerprint density at radius 2 is 1.61 bits per heavy atom. The fourth-order valence-electron chi connectivity index (χ4n) is 4.43. The van der Waals surface area contributed by atoms with Gasteiger partial charge in [-0.1, -0.05) is 73.7 Å². The van der Waals surface area contributed by atoms with Crippen LogP contribution in [-0.4, -0.2) is 22.3 Å². The maximum absolute atomic E-state index is 13.2. The second-order valence-corrected chi connectivity index (χ2v) is 7.31. The average Bonchev–Trinajstić information content (AvgIpc) is 3.25. The van der Waals surface area contributed by atoms with Crippen molar-refractivity contribution in [2.45, 2.75) is 19.4 Å². The molecule has 28 heavy (non-hydrogen) atoms. The fourth-order valence-corrected chi connectivity index (χ4v) is 4.43. The van der Waals surface area contributed by atoms with E-state index >= 15 is 0 Å². The van der Waals surface area contributed by atoms with Gasteiger partial charge in [-0.25, -0.2) is 0 Å². The fraction of sp³-hybridized carbons (Fsp3) is 0.160. The predicted octanol–water partition coefficient (Wildman–Crippen LogP) is 5.79. The molecule has 3 aromatic carbocycles. The number of nitrogens with one attached hydrogen (secondary N) is 1. The van der Waals surface area contributed by atoms with Gasteiger partial charge in [0.25, 0.3) is 5.91 Å². The molecule has 0 spiro atoms. The van der Waals surface area contributed by atoms with Crippen LogP contribution < -0.4 is 0 Å². The van der Waals surface area contributed by atoms with E-state index in [0.29, 0.717) is 0 Å². The van der Waals surface area contributed by atoms with Crippen molar-refractivity contribution in [1.82, 2.24) is 9.88 Å². The summed E-state index contributed by atoms with van der Waals surface area (Å²) in [6, 6.07) is 26.8. The highest BCUT2D eigenvalue weighted by molar-refractivity contribution is 6.02. The topological polar surface area (TPSA) is 36.1 Å². The van der Waals surface area contributed by atoms with Gasteiger partial charge < -0.3 is 9.88 Å². The van der Waals surface area contributed by atoms with Crippen molar-refractivity contribution in [2.24, 2.45) is 0 Å². The van der Waals surface area contributed by atoms with E-state index in [-0.39, 0.29) is 11.9 Å². The summed E-state index contributed by atoms with van der Waals surface area (Å²) < 4.78 is 0. The van der Waals surface area contributed by atoms with Gasteiger partial charge >= 0.3 is 0 Å². The predicted molar refractivity (Wildman–Crippen MR) is 113 cm³/mol. The third-order valence-corrected chi connectivity index (χ3v) is 5.60. The lowest BCUT2D eigenvalue weighted by atomic mass is 9.93. The molecule has 1 N–H and O–H groups in total. The third-order valence-electron chi connectivity index (χ3n) is 5.60. The summed E-state index contributed by atoms with van der Waals surface area (Å²) in [5.74, 6) is 0.131. The zero-order valence-electron chi connectivity index (χ0n) is 15.9. The molecule has 0 saturated heterocycles. The van der Waals surface area contributed by atoms with Crippen molar-refractivity contribution in [3.05, 3.63) is 95.6 Å². The van der Waals surface area contributed by atoms with Gasteiger partial charge in [0.1, 0.15) is 0 Å². The highest BCUT2D eigenvalue weighted by Crippen LogP contribution is 2.45. The maximum atomic E-state index is 13.2. The Balaban J connectivity index is 1.82. The summed E-state index contributed by atoms with van der Waals surface area (Å²) in [6.07, 6.45) is 0.930. The smallest absolute Gasteiger partial charge is 0.255 e. The van der Waals surface area contributed by atoms with Crippen LogP contribution in [0.5, 0.6) is 0 Å².